The Morgan fingerprint density at radius 1 is 1.09 bits per heavy atom. The van der Waals surface area contributed by atoms with Gasteiger partial charge in [-0.15, -0.1) is 0 Å². The van der Waals surface area contributed by atoms with E-state index in [9.17, 15) is 37.4 Å². The van der Waals surface area contributed by atoms with E-state index < -0.39 is 60.5 Å². The smallest absolute Gasteiger partial charge is 0.418 e. The third-order valence-corrected chi connectivity index (χ3v) is 7.70. The number of ether oxygens (including phenoxy) is 1. The molecule has 1 heterocycles. The van der Waals surface area contributed by atoms with Gasteiger partial charge in [0.25, 0.3) is 5.91 Å². The number of halogens is 4. The zero-order chi connectivity index (χ0) is 34.0. The zero-order valence-electron chi connectivity index (χ0n) is 25.4. The van der Waals surface area contributed by atoms with E-state index in [2.05, 4.69) is 15.7 Å². The number of aryl methyl sites for hydroxylation is 1. The predicted molar refractivity (Wildman–Crippen MR) is 162 cm³/mol. The second kappa shape index (κ2) is 13.0. The van der Waals surface area contributed by atoms with Gasteiger partial charge in [0, 0.05) is 22.2 Å². The Balaban J connectivity index is 1.65. The lowest BCUT2D eigenvalue weighted by Gasteiger charge is -2.38. The molecule has 10 nitrogen and oxygen atoms in total. The minimum Gasteiger partial charge on any atom is -0.496 e. The summed E-state index contributed by atoms with van der Waals surface area (Å²) in [6.45, 7) is 2.92. The van der Waals surface area contributed by atoms with Crippen molar-refractivity contribution in [1.82, 2.24) is 15.1 Å². The fourth-order valence-corrected chi connectivity index (χ4v) is 5.36. The van der Waals surface area contributed by atoms with Gasteiger partial charge < -0.3 is 30.7 Å². The van der Waals surface area contributed by atoms with Crippen LogP contribution in [0.1, 0.15) is 41.8 Å². The third-order valence-electron chi connectivity index (χ3n) is 7.70. The van der Waals surface area contributed by atoms with Crippen molar-refractivity contribution in [2.75, 3.05) is 25.6 Å². The summed E-state index contributed by atoms with van der Waals surface area (Å²) < 4.78 is 64.3. The molecule has 0 aliphatic heterocycles. The van der Waals surface area contributed by atoms with Crippen LogP contribution in [0.5, 0.6) is 5.75 Å². The number of rotatable bonds is 12. The van der Waals surface area contributed by atoms with Crippen molar-refractivity contribution >= 4 is 28.5 Å². The van der Waals surface area contributed by atoms with E-state index in [1.165, 1.54) is 50.0 Å². The quantitative estimate of drug-likeness (QED) is 0.139. The summed E-state index contributed by atoms with van der Waals surface area (Å²) in [5.74, 6) is -2.62. The number of alkyl halides is 3. The van der Waals surface area contributed by atoms with Crippen molar-refractivity contribution in [3.05, 3.63) is 83.3 Å². The lowest BCUT2D eigenvalue weighted by Crippen LogP contribution is -2.53. The van der Waals surface area contributed by atoms with Gasteiger partial charge in [0.2, 0.25) is 0 Å². The number of aliphatic hydroxyl groups excluding tert-OH is 1. The molecule has 46 heavy (non-hydrogen) atoms. The third kappa shape index (κ3) is 7.07. The van der Waals surface area contributed by atoms with Crippen molar-refractivity contribution in [2.45, 2.75) is 50.4 Å². The number of anilines is 1. The Morgan fingerprint density at radius 2 is 1.80 bits per heavy atom. The Kier molecular flexibility index (Phi) is 9.64. The Hall–Kier alpha value is -4.69. The molecule has 0 spiro atoms. The zero-order valence-corrected chi connectivity index (χ0v) is 25.4. The number of aliphatic hydroxyl groups is 2. The lowest BCUT2D eigenvalue weighted by atomic mass is 9.74. The Labute approximate surface area is 261 Å². The summed E-state index contributed by atoms with van der Waals surface area (Å²) in [7, 11) is 1.32. The molecule has 3 aromatic carbocycles. The lowest BCUT2D eigenvalue weighted by molar-refractivity contribution is -0.260. The van der Waals surface area contributed by atoms with E-state index in [1.54, 1.807) is 31.2 Å². The van der Waals surface area contributed by atoms with Gasteiger partial charge in [-0.1, -0.05) is 19.9 Å². The first-order valence-corrected chi connectivity index (χ1v) is 14.1. The minimum absolute atomic E-state index is 0.0830. The number of benzene rings is 3. The van der Waals surface area contributed by atoms with Crippen molar-refractivity contribution in [2.24, 2.45) is 0 Å². The molecule has 1 amide bonds. The standard InChI is InChI=1S/C32H34F4N4O6/c1-18-10-24(37-17-31(45,32(34,35)36)16-30(2,3)23-13-20(33)8-9-27(23)46-4)22-14-38-40(26(22)11-18)21-7-5-6-19(12-21)28(42)39-25(15-41)29(43)44/h5-14,25,37,41,45H,15-17H2,1-4H3,(H,39,42)(H,43,44)/t25-,31?/m0/s1. The molecule has 246 valence electrons. The summed E-state index contributed by atoms with van der Waals surface area (Å²) in [6, 6.07) is 11.4. The van der Waals surface area contributed by atoms with Gasteiger partial charge in [0.05, 0.1) is 37.7 Å². The summed E-state index contributed by atoms with van der Waals surface area (Å²) >= 11 is 0. The largest absolute Gasteiger partial charge is 0.496 e. The molecule has 0 fully saturated rings. The van der Waals surface area contributed by atoms with E-state index in [4.69, 9.17) is 9.84 Å². The molecular formula is C32H34F4N4O6. The van der Waals surface area contributed by atoms with Gasteiger partial charge in [0.1, 0.15) is 11.6 Å². The number of aromatic nitrogens is 2. The minimum atomic E-state index is -5.07. The number of nitrogens with one attached hydrogen (secondary N) is 2. The molecule has 0 radical (unpaired) electrons. The van der Waals surface area contributed by atoms with Crippen LogP contribution in [0.25, 0.3) is 16.6 Å². The first kappa shape index (κ1) is 34.2. The second-order valence-electron chi connectivity index (χ2n) is 11.7. The highest BCUT2D eigenvalue weighted by Crippen LogP contribution is 2.44. The molecule has 0 saturated heterocycles. The predicted octanol–water partition coefficient (Wildman–Crippen LogP) is 4.73. The molecule has 0 saturated carbocycles. The number of carbonyl (C=O) groups excluding carboxylic acids is 1. The number of fused-ring (bicyclic) bond motifs is 1. The number of methoxy groups -OCH3 is 1. The summed E-state index contributed by atoms with van der Waals surface area (Å²) in [4.78, 5) is 23.9. The summed E-state index contributed by atoms with van der Waals surface area (Å²) in [6.07, 6.45) is -4.47. The van der Waals surface area contributed by atoms with E-state index in [1.807, 2.05) is 0 Å². The van der Waals surface area contributed by atoms with Crippen molar-refractivity contribution < 1.29 is 47.2 Å². The molecular weight excluding hydrogens is 612 g/mol. The molecule has 4 aromatic rings. The number of amides is 1. The Bertz CT molecular complexity index is 1760. The van der Waals surface area contributed by atoms with Gasteiger partial charge >= 0.3 is 12.1 Å². The number of carboxylic acid groups (broad SMARTS) is 1. The highest BCUT2D eigenvalue weighted by molar-refractivity contribution is 5.97. The summed E-state index contributed by atoms with van der Waals surface area (Å²) in [5.41, 5.74) is -2.59. The Morgan fingerprint density at radius 3 is 2.43 bits per heavy atom. The van der Waals surface area contributed by atoms with Crippen molar-refractivity contribution in [3.8, 4) is 11.4 Å². The molecule has 5 N–H and O–H groups in total. The molecule has 4 rings (SSSR count). The van der Waals surface area contributed by atoms with Crippen LogP contribution in [0.4, 0.5) is 23.2 Å². The monoisotopic (exact) mass is 646 g/mol. The van der Waals surface area contributed by atoms with Crippen molar-refractivity contribution in [3.63, 3.8) is 0 Å². The number of carbonyl (C=O) groups is 2. The number of aliphatic carboxylic acids is 1. The molecule has 1 unspecified atom stereocenters. The average molecular weight is 647 g/mol. The van der Waals surface area contributed by atoms with Crippen LogP contribution >= 0.6 is 0 Å². The van der Waals surface area contributed by atoms with Crippen LogP contribution in [-0.4, -0.2) is 75.1 Å². The first-order valence-electron chi connectivity index (χ1n) is 14.1. The maximum atomic E-state index is 14.5. The van der Waals surface area contributed by atoms with E-state index in [0.29, 0.717) is 22.2 Å². The molecule has 1 aromatic heterocycles. The van der Waals surface area contributed by atoms with Crippen LogP contribution in [0.2, 0.25) is 0 Å². The van der Waals surface area contributed by atoms with Gasteiger partial charge in [-0.05, 0) is 72.9 Å². The normalized spacial score (nSPS) is 14.0. The SMILES string of the molecule is COc1ccc(F)cc1C(C)(C)CC(O)(CNc1cc(C)cc2c1cnn2-c1cccc(C(=O)N[C@@H](CO)C(=O)O)c1)C(F)(F)F. The molecule has 0 bridgehead atoms. The maximum absolute atomic E-state index is 14.5. The number of hydrogen-bond donors (Lipinski definition) is 5. The highest BCUT2D eigenvalue weighted by Gasteiger charge is 2.56. The van der Waals surface area contributed by atoms with Crippen LogP contribution < -0.4 is 15.4 Å². The van der Waals surface area contributed by atoms with Gasteiger partial charge in [-0.2, -0.15) is 18.3 Å². The van der Waals surface area contributed by atoms with E-state index in [-0.39, 0.29) is 22.6 Å². The van der Waals surface area contributed by atoms with Crippen LogP contribution in [0, 0.1) is 12.7 Å². The topological polar surface area (TPSA) is 146 Å². The summed E-state index contributed by atoms with van der Waals surface area (Å²) in [5, 5.41) is 39.2. The molecule has 2 atom stereocenters. The molecule has 0 aliphatic carbocycles. The van der Waals surface area contributed by atoms with Gasteiger partial charge in [0.15, 0.2) is 11.6 Å². The van der Waals surface area contributed by atoms with E-state index in [0.717, 1.165) is 12.1 Å². The highest BCUT2D eigenvalue weighted by atomic mass is 19.4. The maximum Gasteiger partial charge on any atom is 0.418 e. The average Bonchev–Trinajstić information content (AvgIpc) is 3.41. The molecule has 14 heteroatoms. The van der Waals surface area contributed by atoms with Gasteiger partial charge in [-0.3, -0.25) is 4.79 Å². The van der Waals surface area contributed by atoms with Crippen molar-refractivity contribution in [1.29, 1.82) is 0 Å². The number of carboxylic acids is 1. The second-order valence-corrected chi connectivity index (χ2v) is 11.7. The molecule has 0 aliphatic rings. The fourth-order valence-electron chi connectivity index (χ4n) is 5.36. The first-order chi connectivity index (χ1) is 21.5. The van der Waals surface area contributed by atoms with E-state index >= 15 is 0 Å². The van der Waals surface area contributed by atoms with Crippen LogP contribution in [0.15, 0.2) is 60.8 Å². The number of nitrogens with zero attached hydrogens (tertiary/aromatic N) is 2. The number of hydrogen-bond acceptors (Lipinski definition) is 7. The van der Waals surface area contributed by atoms with Crippen LogP contribution in [-0.2, 0) is 10.2 Å². The van der Waals surface area contributed by atoms with Gasteiger partial charge in [-0.25, -0.2) is 13.9 Å². The van der Waals surface area contributed by atoms with Crippen LogP contribution in [0.3, 0.4) is 0 Å². The fraction of sp³-hybridized carbons (Fsp3) is 0.344.